The maximum atomic E-state index is 11.7. The number of nitrogens with one attached hydrogen (secondary N) is 1. The Labute approximate surface area is 133 Å². The molecule has 0 saturated heterocycles. The summed E-state index contributed by atoms with van der Waals surface area (Å²) in [5, 5.41) is 11.6. The Bertz CT molecular complexity index is 356. The molecule has 1 saturated carbocycles. The lowest BCUT2D eigenvalue weighted by atomic mass is 9.85. The van der Waals surface area contributed by atoms with Crippen LogP contribution in [-0.2, 0) is 9.53 Å². The molecular formula is C17H31NO4. The van der Waals surface area contributed by atoms with Crippen LogP contribution in [0.5, 0.6) is 0 Å². The summed E-state index contributed by atoms with van der Waals surface area (Å²) in [7, 11) is 0. The van der Waals surface area contributed by atoms with E-state index in [2.05, 4.69) is 5.32 Å². The second-order valence-electron chi connectivity index (χ2n) is 7.33. The van der Waals surface area contributed by atoms with Gasteiger partial charge in [-0.25, -0.2) is 9.59 Å². The van der Waals surface area contributed by atoms with Crippen LogP contribution in [-0.4, -0.2) is 28.8 Å². The summed E-state index contributed by atoms with van der Waals surface area (Å²) in [6.45, 7) is 5.27. The Hall–Kier alpha value is -1.26. The van der Waals surface area contributed by atoms with Gasteiger partial charge in [-0.3, -0.25) is 0 Å². The Kier molecular flexibility index (Phi) is 7.69. The molecule has 0 radical (unpaired) electrons. The smallest absolute Gasteiger partial charge is 0.408 e. The van der Waals surface area contributed by atoms with E-state index in [0.29, 0.717) is 6.42 Å². The van der Waals surface area contributed by atoms with E-state index in [1.165, 1.54) is 38.5 Å². The molecule has 1 aliphatic carbocycles. The largest absolute Gasteiger partial charge is 0.480 e. The zero-order valence-electron chi connectivity index (χ0n) is 14.2. The first-order valence-corrected chi connectivity index (χ1v) is 8.50. The van der Waals surface area contributed by atoms with Crippen LogP contribution in [0.3, 0.4) is 0 Å². The summed E-state index contributed by atoms with van der Waals surface area (Å²) in [6.07, 6.45) is 9.50. The van der Waals surface area contributed by atoms with Crippen LogP contribution in [0.1, 0.15) is 78.6 Å². The van der Waals surface area contributed by atoms with E-state index in [0.717, 1.165) is 18.8 Å². The van der Waals surface area contributed by atoms with E-state index < -0.39 is 23.7 Å². The van der Waals surface area contributed by atoms with Crippen LogP contribution in [0.25, 0.3) is 0 Å². The monoisotopic (exact) mass is 313 g/mol. The minimum absolute atomic E-state index is 0.460. The molecule has 0 heterocycles. The topological polar surface area (TPSA) is 75.6 Å². The van der Waals surface area contributed by atoms with Crippen molar-refractivity contribution in [1.82, 2.24) is 5.32 Å². The average molecular weight is 313 g/mol. The fourth-order valence-electron chi connectivity index (χ4n) is 2.96. The number of alkyl carbamates (subject to hydrolysis) is 1. The molecule has 1 atom stereocenters. The number of carboxylic acid groups (broad SMARTS) is 1. The Balaban J connectivity index is 2.25. The molecular weight excluding hydrogens is 282 g/mol. The molecule has 0 bridgehead atoms. The maximum Gasteiger partial charge on any atom is 0.408 e. The average Bonchev–Trinajstić information content (AvgIpc) is 2.41. The Morgan fingerprint density at radius 3 is 2.36 bits per heavy atom. The Morgan fingerprint density at radius 1 is 1.18 bits per heavy atom. The lowest BCUT2D eigenvalue weighted by Gasteiger charge is -2.23. The molecule has 0 aromatic heterocycles. The standard InChI is InChI=1S/C17H31NO4/c1-17(2,3)22-16(21)18-14(15(19)20)12-8-7-11-13-9-5-4-6-10-13/h13-14H,4-12H2,1-3H3,(H,18,21)(H,19,20)/t14-/m0/s1. The van der Waals surface area contributed by atoms with E-state index in [1.54, 1.807) is 20.8 Å². The summed E-state index contributed by atoms with van der Waals surface area (Å²) >= 11 is 0. The normalized spacial score (nSPS) is 17.8. The quantitative estimate of drug-likeness (QED) is 0.694. The number of carbonyl (C=O) groups is 2. The SMILES string of the molecule is CC(C)(C)OC(=O)N[C@@H](CCCCC1CCCCC1)C(=O)O. The predicted octanol–water partition coefficient (Wildman–Crippen LogP) is 4.11. The molecule has 5 heteroatoms. The van der Waals surface area contributed by atoms with Crippen molar-refractivity contribution >= 4 is 12.1 Å². The molecule has 1 rings (SSSR count). The van der Waals surface area contributed by atoms with Crippen LogP contribution in [0.2, 0.25) is 0 Å². The summed E-state index contributed by atoms with van der Waals surface area (Å²) in [4.78, 5) is 22.9. The van der Waals surface area contributed by atoms with Gasteiger partial charge in [-0.05, 0) is 33.1 Å². The molecule has 1 amide bonds. The minimum Gasteiger partial charge on any atom is -0.480 e. The second-order valence-corrected chi connectivity index (χ2v) is 7.33. The number of rotatable bonds is 7. The lowest BCUT2D eigenvalue weighted by molar-refractivity contribution is -0.139. The van der Waals surface area contributed by atoms with Gasteiger partial charge in [0.05, 0.1) is 0 Å². The van der Waals surface area contributed by atoms with Crippen molar-refractivity contribution in [3.05, 3.63) is 0 Å². The fourth-order valence-corrected chi connectivity index (χ4v) is 2.96. The molecule has 0 aromatic carbocycles. The molecule has 2 N–H and O–H groups in total. The van der Waals surface area contributed by atoms with Crippen LogP contribution < -0.4 is 5.32 Å². The zero-order chi connectivity index (χ0) is 16.6. The summed E-state index contributed by atoms with van der Waals surface area (Å²) in [6, 6.07) is -0.860. The van der Waals surface area contributed by atoms with Crippen molar-refractivity contribution in [1.29, 1.82) is 0 Å². The fraction of sp³-hybridized carbons (Fsp3) is 0.882. The highest BCUT2D eigenvalue weighted by Gasteiger charge is 2.23. The van der Waals surface area contributed by atoms with Crippen molar-refractivity contribution < 1.29 is 19.4 Å². The van der Waals surface area contributed by atoms with E-state index in [9.17, 15) is 14.7 Å². The van der Waals surface area contributed by atoms with Gasteiger partial charge in [0.2, 0.25) is 0 Å². The van der Waals surface area contributed by atoms with Gasteiger partial charge in [0.25, 0.3) is 0 Å². The predicted molar refractivity (Wildman–Crippen MR) is 85.8 cm³/mol. The first kappa shape index (κ1) is 18.8. The number of amides is 1. The number of unbranched alkanes of at least 4 members (excludes halogenated alkanes) is 1. The summed E-state index contributed by atoms with van der Waals surface area (Å²) in [5.41, 5.74) is -0.617. The molecule has 1 aliphatic rings. The maximum absolute atomic E-state index is 11.7. The molecule has 0 aromatic rings. The highest BCUT2D eigenvalue weighted by Crippen LogP contribution is 2.28. The number of carboxylic acids is 1. The second kappa shape index (κ2) is 9.01. The van der Waals surface area contributed by atoms with Crippen molar-refractivity contribution in [2.75, 3.05) is 0 Å². The molecule has 0 aliphatic heterocycles. The van der Waals surface area contributed by atoms with Crippen LogP contribution in [0.15, 0.2) is 0 Å². The molecule has 128 valence electrons. The molecule has 1 fully saturated rings. The number of hydrogen-bond acceptors (Lipinski definition) is 3. The number of aliphatic carboxylic acids is 1. The van der Waals surface area contributed by atoms with Crippen LogP contribution >= 0.6 is 0 Å². The number of hydrogen-bond donors (Lipinski definition) is 2. The minimum atomic E-state index is -0.997. The first-order valence-electron chi connectivity index (χ1n) is 8.50. The third-order valence-corrected chi connectivity index (χ3v) is 4.07. The summed E-state index contributed by atoms with van der Waals surface area (Å²) in [5.74, 6) is -0.181. The van der Waals surface area contributed by atoms with Gasteiger partial charge in [0.1, 0.15) is 11.6 Å². The van der Waals surface area contributed by atoms with Gasteiger partial charge in [0, 0.05) is 0 Å². The van der Waals surface area contributed by atoms with E-state index in [1.807, 2.05) is 0 Å². The highest BCUT2D eigenvalue weighted by molar-refractivity contribution is 5.79. The third kappa shape index (κ3) is 8.25. The van der Waals surface area contributed by atoms with E-state index in [-0.39, 0.29) is 0 Å². The summed E-state index contributed by atoms with van der Waals surface area (Å²) < 4.78 is 5.11. The van der Waals surface area contributed by atoms with Gasteiger partial charge in [-0.1, -0.05) is 51.4 Å². The van der Waals surface area contributed by atoms with Crippen molar-refractivity contribution in [2.45, 2.75) is 90.2 Å². The number of carbonyl (C=O) groups excluding carboxylic acids is 1. The lowest BCUT2D eigenvalue weighted by Crippen LogP contribution is -2.43. The van der Waals surface area contributed by atoms with Gasteiger partial charge in [0.15, 0.2) is 0 Å². The molecule has 0 spiro atoms. The van der Waals surface area contributed by atoms with E-state index in [4.69, 9.17) is 4.74 Å². The number of ether oxygens (including phenoxy) is 1. The third-order valence-electron chi connectivity index (χ3n) is 4.07. The van der Waals surface area contributed by atoms with Crippen LogP contribution in [0.4, 0.5) is 4.79 Å². The van der Waals surface area contributed by atoms with Crippen molar-refractivity contribution in [3.63, 3.8) is 0 Å². The van der Waals surface area contributed by atoms with Crippen molar-refractivity contribution in [2.24, 2.45) is 5.92 Å². The van der Waals surface area contributed by atoms with Gasteiger partial charge < -0.3 is 15.2 Å². The molecule has 0 unspecified atom stereocenters. The Morgan fingerprint density at radius 2 is 1.82 bits per heavy atom. The molecule has 5 nitrogen and oxygen atoms in total. The van der Waals surface area contributed by atoms with Gasteiger partial charge in [-0.2, -0.15) is 0 Å². The highest BCUT2D eigenvalue weighted by atomic mass is 16.6. The first-order chi connectivity index (χ1) is 10.3. The van der Waals surface area contributed by atoms with Crippen LogP contribution in [0, 0.1) is 5.92 Å². The molecule has 22 heavy (non-hydrogen) atoms. The van der Waals surface area contributed by atoms with Gasteiger partial charge >= 0.3 is 12.1 Å². The van der Waals surface area contributed by atoms with Crippen molar-refractivity contribution in [3.8, 4) is 0 Å². The zero-order valence-corrected chi connectivity index (χ0v) is 14.2. The van der Waals surface area contributed by atoms with E-state index >= 15 is 0 Å². The van der Waals surface area contributed by atoms with Gasteiger partial charge in [-0.15, -0.1) is 0 Å².